The monoisotopic (exact) mass is 382 g/mol. The van der Waals surface area contributed by atoms with Crippen molar-refractivity contribution in [3.05, 3.63) is 64.7 Å². The first-order valence-electron chi connectivity index (χ1n) is 9.36. The molecule has 6 heteroatoms. The number of hydrogen-bond donors (Lipinski definition) is 0. The third kappa shape index (κ3) is 4.70. The number of hydrogen-bond acceptors (Lipinski definition) is 6. The highest BCUT2D eigenvalue weighted by molar-refractivity contribution is 6.48. The second-order valence-corrected chi connectivity index (χ2v) is 6.57. The molecule has 1 aliphatic rings. The SMILES string of the molecule is CCOC1CC(C(=NOC)c2ccccc2COc2cc(C)ccc2C)=NO1. The van der Waals surface area contributed by atoms with Gasteiger partial charge < -0.3 is 19.1 Å². The molecule has 3 rings (SSSR count). The van der Waals surface area contributed by atoms with Gasteiger partial charge in [0.1, 0.15) is 30.9 Å². The molecular formula is C22H26N2O4. The van der Waals surface area contributed by atoms with E-state index in [4.69, 9.17) is 19.1 Å². The molecule has 1 heterocycles. The van der Waals surface area contributed by atoms with Crippen molar-refractivity contribution in [2.24, 2.45) is 10.3 Å². The summed E-state index contributed by atoms with van der Waals surface area (Å²) in [6, 6.07) is 14.1. The van der Waals surface area contributed by atoms with Gasteiger partial charge in [0.2, 0.25) is 6.29 Å². The minimum Gasteiger partial charge on any atom is -0.489 e. The van der Waals surface area contributed by atoms with Crippen molar-refractivity contribution in [3.63, 3.8) is 0 Å². The van der Waals surface area contributed by atoms with Gasteiger partial charge in [-0.3, -0.25) is 0 Å². The molecule has 6 nitrogen and oxygen atoms in total. The van der Waals surface area contributed by atoms with E-state index in [1.165, 1.54) is 7.11 Å². The second kappa shape index (κ2) is 9.37. The molecule has 0 aliphatic carbocycles. The van der Waals surface area contributed by atoms with E-state index in [0.717, 1.165) is 28.0 Å². The van der Waals surface area contributed by atoms with Gasteiger partial charge >= 0.3 is 0 Å². The topological polar surface area (TPSA) is 61.6 Å². The van der Waals surface area contributed by atoms with Crippen molar-refractivity contribution in [2.75, 3.05) is 13.7 Å². The van der Waals surface area contributed by atoms with Crippen LogP contribution >= 0.6 is 0 Å². The summed E-state index contributed by atoms with van der Waals surface area (Å²) in [7, 11) is 1.52. The third-order valence-corrected chi connectivity index (χ3v) is 4.45. The van der Waals surface area contributed by atoms with Crippen molar-refractivity contribution in [2.45, 2.75) is 40.1 Å². The average Bonchev–Trinajstić information content (AvgIpc) is 3.16. The summed E-state index contributed by atoms with van der Waals surface area (Å²) in [4.78, 5) is 10.4. The lowest BCUT2D eigenvalue weighted by Gasteiger charge is -2.14. The Kier molecular flexibility index (Phi) is 6.66. The first-order chi connectivity index (χ1) is 13.6. The Morgan fingerprint density at radius 3 is 2.82 bits per heavy atom. The van der Waals surface area contributed by atoms with E-state index in [1.807, 2.05) is 44.2 Å². The van der Waals surface area contributed by atoms with Crippen LogP contribution in [0, 0.1) is 13.8 Å². The van der Waals surface area contributed by atoms with Gasteiger partial charge in [-0.15, -0.1) is 0 Å². The summed E-state index contributed by atoms with van der Waals surface area (Å²) in [5.41, 5.74) is 5.47. The largest absolute Gasteiger partial charge is 0.489 e. The predicted octanol–water partition coefficient (Wildman–Crippen LogP) is 4.37. The third-order valence-electron chi connectivity index (χ3n) is 4.45. The lowest BCUT2D eigenvalue weighted by molar-refractivity contribution is -0.120. The van der Waals surface area contributed by atoms with Gasteiger partial charge in [0.15, 0.2) is 0 Å². The summed E-state index contributed by atoms with van der Waals surface area (Å²) in [5.74, 6) is 0.873. The van der Waals surface area contributed by atoms with Crippen molar-refractivity contribution < 1.29 is 19.1 Å². The first-order valence-corrected chi connectivity index (χ1v) is 9.36. The van der Waals surface area contributed by atoms with Crippen LogP contribution in [0.4, 0.5) is 0 Å². The van der Waals surface area contributed by atoms with Gasteiger partial charge in [0.25, 0.3) is 0 Å². The molecule has 0 saturated carbocycles. The number of rotatable bonds is 8. The highest BCUT2D eigenvalue weighted by atomic mass is 16.8. The molecule has 0 amide bonds. The molecule has 0 saturated heterocycles. The fourth-order valence-corrected chi connectivity index (χ4v) is 3.01. The van der Waals surface area contributed by atoms with Crippen LogP contribution in [0.3, 0.4) is 0 Å². The van der Waals surface area contributed by atoms with Crippen molar-refractivity contribution in [1.82, 2.24) is 0 Å². The molecule has 2 aromatic carbocycles. The van der Waals surface area contributed by atoms with Gasteiger partial charge in [-0.1, -0.05) is 46.7 Å². The van der Waals surface area contributed by atoms with Gasteiger partial charge in [-0.05, 0) is 43.5 Å². The van der Waals surface area contributed by atoms with Crippen LogP contribution in [0.1, 0.15) is 35.6 Å². The number of nitrogens with zero attached hydrogens (tertiary/aromatic N) is 2. The molecule has 148 valence electrons. The number of ether oxygens (including phenoxy) is 2. The minimum atomic E-state index is -0.389. The Labute approximate surface area is 165 Å². The summed E-state index contributed by atoms with van der Waals surface area (Å²) in [6.07, 6.45) is 0.128. The van der Waals surface area contributed by atoms with Gasteiger partial charge in [-0.2, -0.15) is 0 Å². The van der Waals surface area contributed by atoms with E-state index >= 15 is 0 Å². The van der Waals surface area contributed by atoms with E-state index in [2.05, 4.69) is 29.4 Å². The van der Waals surface area contributed by atoms with E-state index in [1.54, 1.807) is 0 Å². The van der Waals surface area contributed by atoms with Crippen LogP contribution in [0.2, 0.25) is 0 Å². The molecule has 0 aromatic heterocycles. The van der Waals surface area contributed by atoms with Crippen molar-refractivity contribution in [1.29, 1.82) is 0 Å². The van der Waals surface area contributed by atoms with E-state index in [9.17, 15) is 0 Å². The molecule has 1 atom stereocenters. The van der Waals surface area contributed by atoms with Gasteiger partial charge in [-0.25, -0.2) is 0 Å². The van der Waals surface area contributed by atoms with Crippen LogP contribution in [0.25, 0.3) is 0 Å². The fraction of sp³-hybridized carbons (Fsp3) is 0.364. The van der Waals surface area contributed by atoms with E-state index < -0.39 is 0 Å². The Balaban J connectivity index is 1.83. The average molecular weight is 382 g/mol. The van der Waals surface area contributed by atoms with Crippen LogP contribution in [0.15, 0.2) is 52.8 Å². The highest BCUT2D eigenvalue weighted by Gasteiger charge is 2.27. The van der Waals surface area contributed by atoms with Crippen molar-refractivity contribution in [3.8, 4) is 5.75 Å². The standard InChI is InChI=1S/C22H26N2O4/c1-5-26-21-13-19(23-28-21)22(24-25-4)18-9-7-6-8-17(18)14-27-20-12-15(2)10-11-16(20)3/h6-12,21H,5,13-14H2,1-4H3. The van der Waals surface area contributed by atoms with E-state index in [0.29, 0.717) is 31.1 Å². The quantitative estimate of drug-likeness (QED) is 0.502. The zero-order valence-corrected chi connectivity index (χ0v) is 16.8. The normalized spacial score (nSPS) is 16.5. The lowest BCUT2D eigenvalue weighted by Crippen LogP contribution is -2.20. The number of benzene rings is 2. The molecule has 1 aliphatic heterocycles. The van der Waals surface area contributed by atoms with Crippen LogP contribution < -0.4 is 4.74 Å². The molecule has 1 unspecified atom stereocenters. The number of oxime groups is 2. The zero-order chi connectivity index (χ0) is 19.9. The predicted molar refractivity (Wildman–Crippen MR) is 109 cm³/mol. The molecule has 0 bridgehead atoms. The summed E-state index contributed by atoms with van der Waals surface area (Å²) in [6.45, 7) is 6.98. The summed E-state index contributed by atoms with van der Waals surface area (Å²) < 4.78 is 11.6. The molecule has 0 fully saturated rings. The highest BCUT2D eigenvalue weighted by Crippen LogP contribution is 2.23. The smallest absolute Gasteiger partial charge is 0.232 e. The number of aryl methyl sites for hydroxylation is 2. The van der Waals surface area contributed by atoms with Gasteiger partial charge in [0.05, 0.1) is 6.42 Å². The zero-order valence-electron chi connectivity index (χ0n) is 16.8. The minimum absolute atomic E-state index is 0.389. The maximum absolute atomic E-state index is 6.10. The molecule has 28 heavy (non-hydrogen) atoms. The molecular weight excluding hydrogens is 356 g/mol. The van der Waals surface area contributed by atoms with E-state index in [-0.39, 0.29) is 6.29 Å². The van der Waals surface area contributed by atoms with Crippen LogP contribution in [0.5, 0.6) is 5.75 Å². The lowest BCUT2D eigenvalue weighted by atomic mass is 9.99. The maximum Gasteiger partial charge on any atom is 0.232 e. The Hall–Kier alpha value is -2.86. The maximum atomic E-state index is 6.10. The second-order valence-electron chi connectivity index (χ2n) is 6.57. The van der Waals surface area contributed by atoms with Crippen LogP contribution in [-0.4, -0.2) is 31.4 Å². The van der Waals surface area contributed by atoms with Gasteiger partial charge in [0, 0.05) is 12.2 Å². The van der Waals surface area contributed by atoms with Crippen molar-refractivity contribution >= 4 is 11.4 Å². The van der Waals surface area contributed by atoms with Crippen LogP contribution in [-0.2, 0) is 21.0 Å². The Morgan fingerprint density at radius 2 is 2.04 bits per heavy atom. The first kappa shape index (κ1) is 19.9. The summed E-state index contributed by atoms with van der Waals surface area (Å²) >= 11 is 0. The molecule has 0 spiro atoms. The Morgan fingerprint density at radius 1 is 1.21 bits per heavy atom. The summed E-state index contributed by atoms with van der Waals surface area (Å²) in [5, 5.41) is 8.37. The Bertz CT molecular complexity index is 877. The molecule has 0 N–H and O–H groups in total. The fourth-order valence-electron chi connectivity index (χ4n) is 3.01. The molecule has 0 radical (unpaired) electrons. The molecule has 2 aromatic rings.